The van der Waals surface area contributed by atoms with Crippen LogP contribution >= 0.6 is 11.3 Å². The van der Waals surface area contributed by atoms with Crippen LogP contribution in [0.4, 0.5) is 0 Å². The van der Waals surface area contributed by atoms with Crippen LogP contribution in [0.3, 0.4) is 0 Å². The molecule has 0 radical (unpaired) electrons. The van der Waals surface area contributed by atoms with Gasteiger partial charge in [-0.15, -0.1) is 11.3 Å². The molecule has 2 aromatic rings. The SMILES string of the molecule is CCc1ccc(C(=O)N/N=C\c2csc(C)n2)cc1. The minimum atomic E-state index is -0.217. The van der Waals surface area contributed by atoms with Crippen LogP contribution in [0.5, 0.6) is 0 Å². The van der Waals surface area contributed by atoms with Gasteiger partial charge < -0.3 is 0 Å². The highest BCUT2D eigenvalue weighted by molar-refractivity contribution is 7.09. The first kappa shape index (κ1) is 13.4. The molecule has 1 aromatic heterocycles. The molecule has 0 unspecified atom stereocenters. The Morgan fingerprint density at radius 2 is 2.16 bits per heavy atom. The van der Waals surface area contributed by atoms with Crippen molar-refractivity contribution in [3.05, 3.63) is 51.5 Å². The second-order valence-corrected chi connectivity index (χ2v) is 5.10. The lowest BCUT2D eigenvalue weighted by Gasteiger charge is -2.00. The first-order valence-electron chi connectivity index (χ1n) is 6.03. The predicted octanol–water partition coefficient (Wildman–Crippen LogP) is 2.78. The van der Waals surface area contributed by atoms with E-state index in [-0.39, 0.29) is 5.91 Å². The van der Waals surface area contributed by atoms with Crippen LogP contribution in [0.25, 0.3) is 0 Å². The number of hydrogen-bond donors (Lipinski definition) is 1. The maximum absolute atomic E-state index is 11.8. The maximum Gasteiger partial charge on any atom is 0.271 e. The number of rotatable bonds is 4. The fraction of sp³-hybridized carbons (Fsp3) is 0.214. The standard InChI is InChI=1S/C14H15N3OS/c1-3-11-4-6-12(7-5-11)14(18)17-15-8-13-9-19-10(2)16-13/h4-9H,3H2,1-2H3,(H,17,18)/b15-8-. The van der Waals surface area contributed by atoms with Crippen molar-refractivity contribution in [1.29, 1.82) is 0 Å². The van der Waals surface area contributed by atoms with Crippen molar-refractivity contribution in [1.82, 2.24) is 10.4 Å². The summed E-state index contributed by atoms with van der Waals surface area (Å²) in [6.07, 6.45) is 2.51. The highest BCUT2D eigenvalue weighted by Gasteiger charge is 2.03. The van der Waals surface area contributed by atoms with E-state index in [0.29, 0.717) is 5.56 Å². The number of hydrogen-bond acceptors (Lipinski definition) is 4. The molecule has 0 spiro atoms. The minimum absolute atomic E-state index is 0.217. The maximum atomic E-state index is 11.8. The normalized spacial score (nSPS) is 10.8. The Morgan fingerprint density at radius 1 is 1.42 bits per heavy atom. The largest absolute Gasteiger partial charge is 0.271 e. The van der Waals surface area contributed by atoms with Gasteiger partial charge in [-0.1, -0.05) is 19.1 Å². The average Bonchev–Trinajstić information content (AvgIpc) is 2.84. The molecule has 0 aliphatic heterocycles. The van der Waals surface area contributed by atoms with Gasteiger partial charge in [0.1, 0.15) is 0 Å². The molecule has 4 nitrogen and oxygen atoms in total. The number of aryl methyl sites for hydroxylation is 2. The summed E-state index contributed by atoms with van der Waals surface area (Å²) < 4.78 is 0. The van der Waals surface area contributed by atoms with Gasteiger partial charge in [0, 0.05) is 10.9 Å². The zero-order valence-corrected chi connectivity index (χ0v) is 11.7. The van der Waals surface area contributed by atoms with Gasteiger partial charge in [-0.05, 0) is 31.0 Å². The highest BCUT2D eigenvalue weighted by Crippen LogP contribution is 2.06. The molecule has 1 heterocycles. The van der Waals surface area contributed by atoms with Crippen molar-refractivity contribution in [2.75, 3.05) is 0 Å². The molecule has 5 heteroatoms. The molecular weight excluding hydrogens is 258 g/mol. The lowest BCUT2D eigenvalue weighted by atomic mass is 10.1. The van der Waals surface area contributed by atoms with Gasteiger partial charge in [-0.3, -0.25) is 4.79 Å². The smallest absolute Gasteiger partial charge is 0.267 e. The molecule has 1 amide bonds. The summed E-state index contributed by atoms with van der Waals surface area (Å²) in [5.74, 6) is -0.217. The van der Waals surface area contributed by atoms with Gasteiger partial charge in [0.25, 0.3) is 5.91 Å². The Hall–Kier alpha value is -2.01. The van der Waals surface area contributed by atoms with E-state index in [0.717, 1.165) is 17.1 Å². The molecule has 0 aliphatic rings. The Bertz CT molecular complexity index is 587. The van der Waals surface area contributed by atoms with Crippen molar-refractivity contribution < 1.29 is 4.79 Å². The molecule has 1 N–H and O–H groups in total. The van der Waals surface area contributed by atoms with Crippen molar-refractivity contribution >= 4 is 23.5 Å². The van der Waals surface area contributed by atoms with E-state index < -0.39 is 0 Å². The van der Waals surface area contributed by atoms with E-state index in [1.165, 1.54) is 5.56 Å². The third-order valence-corrected chi connectivity index (χ3v) is 3.42. The Labute approximate surface area is 116 Å². The molecule has 0 saturated carbocycles. The van der Waals surface area contributed by atoms with Crippen molar-refractivity contribution in [3.8, 4) is 0 Å². The van der Waals surface area contributed by atoms with Crippen molar-refractivity contribution in [3.63, 3.8) is 0 Å². The lowest BCUT2D eigenvalue weighted by molar-refractivity contribution is 0.0955. The molecule has 19 heavy (non-hydrogen) atoms. The van der Waals surface area contributed by atoms with Crippen LogP contribution in [0.1, 0.15) is 33.5 Å². The monoisotopic (exact) mass is 273 g/mol. The summed E-state index contributed by atoms with van der Waals surface area (Å²) in [4.78, 5) is 16.0. The van der Waals surface area contributed by atoms with Crippen LogP contribution in [0, 0.1) is 6.92 Å². The molecule has 98 valence electrons. The molecular formula is C14H15N3OS. The van der Waals surface area contributed by atoms with E-state index in [2.05, 4.69) is 22.4 Å². The van der Waals surface area contributed by atoms with E-state index in [1.54, 1.807) is 29.7 Å². The lowest BCUT2D eigenvalue weighted by Crippen LogP contribution is -2.17. The molecule has 0 aliphatic carbocycles. The zero-order valence-electron chi connectivity index (χ0n) is 10.9. The molecule has 0 fully saturated rings. The number of nitrogens with one attached hydrogen (secondary N) is 1. The van der Waals surface area contributed by atoms with E-state index in [1.807, 2.05) is 24.4 Å². The van der Waals surface area contributed by atoms with Gasteiger partial charge in [-0.2, -0.15) is 5.10 Å². The summed E-state index contributed by atoms with van der Waals surface area (Å²) in [5, 5.41) is 6.76. The zero-order chi connectivity index (χ0) is 13.7. The average molecular weight is 273 g/mol. The third kappa shape index (κ3) is 3.72. The number of nitrogens with zero attached hydrogens (tertiary/aromatic N) is 2. The van der Waals surface area contributed by atoms with Gasteiger partial charge in [0.2, 0.25) is 0 Å². The molecule has 2 rings (SSSR count). The summed E-state index contributed by atoms with van der Waals surface area (Å²) in [7, 11) is 0. The number of carbonyl (C=O) groups is 1. The van der Waals surface area contributed by atoms with Crippen LogP contribution < -0.4 is 5.43 Å². The summed E-state index contributed by atoms with van der Waals surface area (Å²) in [6, 6.07) is 7.50. The molecule has 0 saturated heterocycles. The highest BCUT2D eigenvalue weighted by atomic mass is 32.1. The molecule has 1 aromatic carbocycles. The quantitative estimate of drug-likeness (QED) is 0.688. The summed E-state index contributed by atoms with van der Waals surface area (Å²) in [5.41, 5.74) is 5.05. The topological polar surface area (TPSA) is 54.4 Å². The number of amides is 1. The number of hydrazone groups is 1. The van der Waals surface area contributed by atoms with E-state index in [4.69, 9.17) is 0 Å². The second-order valence-electron chi connectivity index (χ2n) is 4.04. The molecule has 0 atom stereocenters. The molecule has 0 bridgehead atoms. The number of aromatic nitrogens is 1. The van der Waals surface area contributed by atoms with Gasteiger partial charge in [0.05, 0.1) is 16.9 Å². The number of benzene rings is 1. The van der Waals surface area contributed by atoms with Gasteiger partial charge in [0.15, 0.2) is 0 Å². The number of carbonyl (C=O) groups excluding carboxylic acids is 1. The Balaban J connectivity index is 1.95. The fourth-order valence-electron chi connectivity index (χ4n) is 1.55. The fourth-order valence-corrected chi connectivity index (χ4v) is 2.12. The van der Waals surface area contributed by atoms with Crippen LogP contribution in [0.15, 0.2) is 34.7 Å². The first-order valence-corrected chi connectivity index (χ1v) is 6.91. The third-order valence-electron chi connectivity index (χ3n) is 2.62. The van der Waals surface area contributed by atoms with Crippen molar-refractivity contribution in [2.24, 2.45) is 5.10 Å². The van der Waals surface area contributed by atoms with E-state index >= 15 is 0 Å². The Kier molecular flexibility index (Phi) is 4.41. The Morgan fingerprint density at radius 3 is 2.74 bits per heavy atom. The second kappa shape index (κ2) is 6.24. The van der Waals surface area contributed by atoms with Crippen molar-refractivity contribution in [2.45, 2.75) is 20.3 Å². The van der Waals surface area contributed by atoms with E-state index in [9.17, 15) is 4.79 Å². The summed E-state index contributed by atoms with van der Waals surface area (Å²) in [6.45, 7) is 4.01. The van der Waals surface area contributed by atoms with Crippen LogP contribution in [-0.2, 0) is 6.42 Å². The van der Waals surface area contributed by atoms with Gasteiger partial charge in [-0.25, -0.2) is 10.4 Å². The van der Waals surface area contributed by atoms with Gasteiger partial charge >= 0.3 is 0 Å². The van der Waals surface area contributed by atoms with Crippen LogP contribution in [0.2, 0.25) is 0 Å². The number of thiazole rings is 1. The van der Waals surface area contributed by atoms with Crippen LogP contribution in [-0.4, -0.2) is 17.1 Å². The summed E-state index contributed by atoms with van der Waals surface area (Å²) >= 11 is 1.55. The first-order chi connectivity index (χ1) is 9.19. The minimum Gasteiger partial charge on any atom is -0.267 e. The predicted molar refractivity (Wildman–Crippen MR) is 77.7 cm³/mol.